The summed E-state index contributed by atoms with van der Waals surface area (Å²) in [6.07, 6.45) is 0.318. The van der Waals surface area contributed by atoms with Crippen LogP contribution >= 0.6 is 0 Å². The van der Waals surface area contributed by atoms with Crippen LogP contribution in [0.15, 0.2) is 0 Å². The quantitative estimate of drug-likeness (QED) is 0.412. The van der Waals surface area contributed by atoms with Gasteiger partial charge in [-0.15, -0.1) is 0 Å². The minimum absolute atomic E-state index is 0.0113. The smallest absolute Gasteiger partial charge is 0.309 e. The van der Waals surface area contributed by atoms with E-state index >= 15 is 0 Å². The molecule has 0 aromatic carbocycles. The Morgan fingerprint density at radius 2 is 1.47 bits per heavy atom. The summed E-state index contributed by atoms with van der Waals surface area (Å²) >= 11 is 0. The van der Waals surface area contributed by atoms with E-state index in [4.69, 9.17) is 10.2 Å². The van der Waals surface area contributed by atoms with Crippen LogP contribution in [0.5, 0.6) is 0 Å². The largest absolute Gasteiger partial charge is 0.465 e. The summed E-state index contributed by atoms with van der Waals surface area (Å²) in [5.74, 6) is -1.01. The second-order valence-electron chi connectivity index (χ2n) is 2.74. The van der Waals surface area contributed by atoms with Crippen molar-refractivity contribution in [1.82, 2.24) is 0 Å². The zero-order valence-corrected chi connectivity index (χ0v) is 8.48. The molecule has 0 saturated heterocycles. The molecule has 6 nitrogen and oxygen atoms in total. The highest BCUT2D eigenvalue weighted by atomic mass is 16.5. The first-order valence-corrected chi connectivity index (χ1v) is 4.73. The molecule has 6 heteroatoms. The average Bonchev–Trinajstić information content (AvgIpc) is 2.18. The van der Waals surface area contributed by atoms with Crippen LogP contribution in [0.1, 0.15) is 19.3 Å². The maximum atomic E-state index is 10.9. The molecule has 0 aliphatic rings. The van der Waals surface area contributed by atoms with Gasteiger partial charge in [-0.1, -0.05) is 0 Å². The molecule has 0 spiro atoms. The molecule has 0 aromatic rings. The normalized spacial score (nSPS) is 9.73. The Morgan fingerprint density at radius 1 is 0.867 bits per heavy atom. The standard InChI is InChI=1S/C9H16O6/c10-4-1-6-14-9(13)3-7-15-8(12)2-5-11/h10-11H,1-7H2. The van der Waals surface area contributed by atoms with E-state index in [9.17, 15) is 9.59 Å². The lowest BCUT2D eigenvalue weighted by molar-refractivity contribution is -0.149. The van der Waals surface area contributed by atoms with Gasteiger partial charge in [0.05, 0.1) is 26.1 Å². The zero-order valence-electron chi connectivity index (χ0n) is 8.48. The van der Waals surface area contributed by atoms with Crippen molar-refractivity contribution in [3.05, 3.63) is 0 Å². The van der Waals surface area contributed by atoms with Crippen LogP contribution in [0, 0.1) is 0 Å². The summed E-state index contributed by atoms with van der Waals surface area (Å²) in [5.41, 5.74) is 0. The summed E-state index contributed by atoms with van der Waals surface area (Å²) in [6.45, 7) is -0.171. The molecule has 0 aliphatic carbocycles. The molecule has 0 rings (SSSR count). The van der Waals surface area contributed by atoms with Crippen LogP contribution in [0.4, 0.5) is 0 Å². The molecule has 0 saturated carbocycles. The lowest BCUT2D eigenvalue weighted by atomic mass is 10.4. The van der Waals surface area contributed by atoms with Crippen LogP contribution < -0.4 is 0 Å². The molecular weight excluding hydrogens is 204 g/mol. The van der Waals surface area contributed by atoms with Crippen molar-refractivity contribution >= 4 is 11.9 Å². The van der Waals surface area contributed by atoms with Gasteiger partial charge < -0.3 is 19.7 Å². The molecule has 0 heterocycles. The van der Waals surface area contributed by atoms with E-state index in [1.165, 1.54) is 0 Å². The molecule has 2 N–H and O–H groups in total. The predicted molar refractivity (Wildman–Crippen MR) is 49.9 cm³/mol. The second kappa shape index (κ2) is 9.42. The lowest BCUT2D eigenvalue weighted by Gasteiger charge is -2.04. The summed E-state index contributed by atoms with van der Waals surface area (Å²) in [7, 11) is 0. The molecule has 0 amide bonds. The van der Waals surface area contributed by atoms with E-state index in [0.717, 1.165) is 0 Å². The number of hydrogen-bond donors (Lipinski definition) is 2. The number of hydrogen-bond acceptors (Lipinski definition) is 6. The van der Waals surface area contributed by atoms with Gasteiger partial charge in [0.15, 0.2) is 0 Å². The van der Waals surface area contributed by atoms with Gasteiger partial charge in [0.25, 0.3) is 0 Å². The number of aliphatic hydroxyl groups excluding tert-OH is 2. The van der Waals surface area contributed by atoms with Gasteiger partial charge in [-0.05, 0) is 0 Å². The minimum Gasteiger partial charge on any atom is -0.465 e. The average molecular weight is 220 g/mol. The molecule has 0 fully saturated rings. The summed E-state index contributed by atoms with van der Waals surface area (Å²) < 4.78 is 9.29. The first-order valence-electron chi connectivity index (χ1n) is 4.73. The van der Waals surface area contributed by atoms with Crippen molar-refractivity contribution in [3.8, 4) is 0 Å². The van der Waals surface area contributed by atoms with Gasteiger partial charge in [-0.2, -0.15) is 0 Å². The molecule has 0 bridgehead atoms. The van der Waals surface area contributed by atoms with Gasteiger partial charge in [0.1, 0.15) is 6.61 Å². The molecule has 0 atom stereocenters. The predicted octanol–water partition coefficient (Wildman–Crippen LogP) is -0.772. The maximum Gasteiger partial charge on any atom is 0.309 e. The minimum atomic E-state index is -0.541. The molecule has 88 valence electrons. The number of esters is 2. The summed E-state index contributed by atoms with van der Waals surface area (Å²) in [5, 5.41) is 16.8. The fraction of sp³-hybridized carbons (Fsp3) is 0.778. The molecule has 15 heavy (non-hydrogen) atoms. The van der Waals surface area contributed by atoms with Crippen molar-refractivity contribution in [2.24, 2.45) is 0 Å². The Balaban J connectivity index is 3.34. The summed E-state index contributed by atoms with van der Waals surface area (Å²) in [6, 6.07) is 0. The van der Waals surface area contributed by atoms with E-state index in [1.807, 2.05) is 0 Å². The SMILES string of the molecule is O=C(CCO)OCCC(=O)OCCCO. The van der Waals surface area contributed by atoms with Crippen LogP contribution in [0.25, 0.3) is 0 Å². The fourth-order valence-electron chi connectivity index (χ4n) is 0.734. The first kappa shape index (κ1) is 13.9. The Kier molecular flexibility index (Phi) is 8.70. The van der Waals surface area contributed by atoms with E-state index in [-0.39, 0.29) is 39.3 Å². The van der Waals surface area contributed by atoms with Gasteiger partial charge in [0.2, 0.25) is 0 Å². The highest BCUT2D eigenvalue weighted by molar-refractivity contribution is 5.71. The van der Waals surface area contributed by atoms with Crippen molar-refractivity contribution in [2.75, 3.05) is 26.4 Å². The van der Waals surface area contributed by atoms with Crippen LogP contribution in [-0.2, 0) is 19.1 Å². The third-order valence-electron chi connectivity index (χ3n) is 1.45. The van der Waals surface area contributed by atoms with E-state index < -0.39 is 11.9 Å². The molecule has 0 aliphatic heterocycles. The van der Waals surface area contributed by atoms with E-state index in [0.29, 0.717) is 6.42 Å². The van der Waals surface area contributed by atoms with Gasteiger partial charge >= 0.3 is 11.9 Å². The Hall–Kier alpha value is -1.14. The van der Waals surface area contributed by atoms with Gasteiger partial charge in [-0.3, -0.25) is 9.59 Å². The van der Waals surface area contributed by atoms with Gasteiger partial charge in [0, 0.05) is 13.0 Å². The van der Waals surface area contributed by atoms with E-state index in [2.05, 4.69) is 9.47 Å². The van der Waals surface area contributed by atoms with Crippen molar-refractivity contribution in [1.29, 1.82) is 0 Å². The second-order valence-corrected chi connectivity index (χ2v) is 2.74. The van der Waals surface area contributed by atoms with Crippen LogP contribution in [-0.4, -0.2) is 48.6 Å². The number of rotatable bonds is 8. The number of aliphatic hydroxyl groups is 2. The monoisotopic (exact) mass is 220 g/mol. The fourth-order valence-corrected chi connectivity index (χ4v) is 0.734. The number of carbonyl (C=O) groups is 2. The first-order chi connectivity index (χ1) is 7.20. The van der Waals surface area contributed by atoms with Gasteiger partial charge in [-0.25, -0.2) is 0 Å². The highest BCUT2D eigenvalue weighted by Gasteiger charge is 2.05. The molecular formula is C9H16O6. The number of ether oxygens (including phenoxy) is 2. The van der Waals surface area contributed by atoms with E-state index in [1.54, 1.807) is 0 Å². The zero-order chi connectivity index (χ0) is 11.5. The van der Waals surface area contributed by atoms with Crippen molar-refractivity contribution in [3.63, 3.8) is 0 Å². The molecule has 0 aromatic heterocycles. The third-order valence-corrected chi connectivity index (χ3v) is 1.45. The molecule has 0 unspecified atom stereocenters. The highest BCUT2D eigenvalue weighted by Crippen LogP contribution is 1.92. The Bertz CT molecular complexity index is 191. The van der Waals surface area contributed by atoms with Crippen molar-refractivity contribution in [2.45, 2.75) is 19.3 Å². The Morgan fingerprint density at radius 3 is 2.07 bits per heavy atom. The van der Waals surface area contributed by atoms with Crippen LogP contribution in [0.2, 0.25) is 0 Å². The molecule has 0 radical (unpaired) electrons. The maximum absolute atomic E-state index is 10.9. The lowest BCUT2D eigenvalue weighted by Crippen LogP contribution is -2.13. The topological polar surface area (TPSA) is 93.1 Å². The third kappa shape index (κ3) is 9.17. The Labute approximate surface area is 87.8 Å². The summed E-state index contributed by atoms with van der Waals surface area (Å²) in [4.78, 5) is 21.6. The number of carbonyl (C=O) groups excluding carboxylic acids is 2. The van der Waals surface area contributed by atoms with Crippen LogP contribution in [0.3, 0.4) is 0 Å². The van der Waals surface area contributed by atoms with Crippen molar-refractivity contribution < 1.29 is 29.3 Å².